The summed E-state index contributed by atoms with van der Waals surface area (Å²) in [6.45, 7) is 22.4. The smallest absolute Gasteiger partial charge is 0.105 e. The normalized spacial score (nSPS) is 23.7. The van der Waals surface area contributed by atoms with Crippen LogP contribution in [-0.2, 0) is 4.84 Å². The number of rotatable bonds is 3. The molecule has 20 heavy (non-hydrogen) atoms. The molecule has 0 amide bonds. The molecular weight excluding hydrogens is 246 g/mol. The van der Waals surface area contributed by atoms with Crippen LogP contribution in [0, 0.1) is 5.92 Å². The van der Waals surface area contributed by atoms with Crippen molar-refractivity contribution in [2.45, 2.75) is 98.8 Å². The third kappa shape index (κ3) is 3.65. The molecule has 0 aromatic heterocycles. The summed E-state index contributed by atoms with van der Waals surface area (Å²) in [6, 6.07) is 0. The van der Waals surface area contributed by atoms with Crippen molar-refractivity contribution < 1.29 is 4.84 Å². The van der Waals surface area contributed by atoms with E-state index in [0.29, 0.717) is 0 Å². The van der Waals surface area contributed by atoms with Gasteiger partial charge in [0.15, 0.2) is 0 Å². The van der Waals surface area contributed by atoms with E-state index in [2.05, 4.69) is 74.3 Å². The SMILES string of the molecule is CC(C)=C(C)C(C)(C)ON1C(C)(C)CC(C)CC1(C)C. The van der Waals surface area contributed by atoms with Gasteiger partial charge in [0.25, 0.3) is 0 Å². The minimum absolute atomic E-state index is 0.0698. The number of allylic oxidation sites excluding steroid dienone is 1. The van der Waals surface area contributed by atoms with E-state index >= 15 is 0 Å². The fraction of sp³-hybridized carbons (Fsp3) is 0.889. The molecule has 0 radical (unpaired) electrons. The molecule has 1 heterocycles. The summed E-state index contributed by atoms with van der Waals surface area (Å²) >= 11 is 0. The fourth-order valence-electron chi connectivity index (χ4n) is 3.91. The number of hydrogen-bond donors (Lipinski definition) is 0. The average Bonchev–Trinajstić information content (AvgIpc) is 2.20. The predicted octanol–water partition coefficient (Wildman–Crippen LogP) is 5.34. The van der Waals surface area contributed by atoms with Gasteiger partial charge in [-0.05, 0) is 86.6 Å². The number of hydrogen-bond acceptors (Lipinski definition) is 2. The Morgan fingerprint density at radius 2 is 1.40 bits per heavy atom. The van der Waals surface area contributed by atoms with Gasteiger partial charge in [0, 0.05) is 11.1 Å². The second-order valence-electron chi connectivity index (χ2n) is 8.66. The van der Waals surface area contributed by atoms with Crippen molar-refractivity contribution in [1.29, 1.82) is 0 Å². The third-order valence-corrected chi connectivity index (χ3v) is 4.77. The van der Waals surface area contributed by atoms with Crippen molar-refractivity contribution in [3.05, 3.63) is 11.1 Å². The van der Waals surface area contributed by atoms with Crippen molar-refractivity contribution in [2.75, 3.05) is 0 Å². The van der Waals surface area contributed by atoms with Gasteiger partial charge in [0.1, 0.15) is 5.60 Å². The Hall–Kier alpha value is -0.340. The van der Waals surface area contributed by atoms with Crippen LogP contribution in [0.3, 0.4) is 0 Å². The molecule has 0 atom stereocenters. The van der Waals surface area contributed by atoms with E-state index in [-0.39, 0.29) is 16.7 Å². The van der Waals surface area contributed by atoms with E-state index in [4.69, 9.17) is 4.84 Å². The van der Waals surface area contributed by atoms with Gasteiger partial charge >= 0.3 is 0 Å². The summed E-state index contributed by atoms with van der Waals surface area (Å²) in [5.74, 6) is 0.743. The monoisotopic (exact) mass is 281 g/mol. The quantitative estimate of drug-likeness (QED) is 0.647. The summed E-state index contributed by atoms with van der Waals surface area (Å²) in [7, 11) is 0. The van der Waals surface area contributed by atoms with Gasteiger partial charge in [-0.15, -0.1) is 0 Å². The fourth-order valence-corrected chi connectivity index (χ4v) is 3.91. The van der Waals surface area contributed by atoms with Crippen molar-refractivity contribution in [1.82, 2.24) is 5.06 Å². The lowest BCUT2D eigenvalue weighted by Crippen LogP contribution is -2.62. The summed E-state index contributed by atoms with van der Waals surface area (Å²) in [5, 5.41) is 2.27. The number of piperidine rings is 1. The Morgan fingerprint density at radius 1 is 1.00 bits per heavy atom. The third-order valence-electron chi connectivity index (χ3n) is 4.77. The van der Waals surface area contributed by atoms with Crippen molar-refractivity contribution in [2.24, 2.45) is 5.92 Å². The first-order chi connectivity index (χ1) is 8.79. The first kappa shape index (κ1) is 17.7. The van der Waals surface area contributed by atoms with Crippen LogP contribution in [0.25, 0.3) is 0 Å². The van der Waals surface area contributed by atoms with E-state index < -0.39 is 0 Å². The van der Waals surface area contributed by atoms with Crippen LogP contribution in [0.1, 0.15) is 82.1 Å². The van der Waals surface area contributed by atoms with Crippen molar-refractivity contribution in [3.63, 3.8) is 0 Å². The standard InChI is InChI=1S/C18H35NO/c1-13(2)15(4)18(9,10)20-19-16(5,6)11-14(3)12-17(19,7)8/h14H,11-12H2,1-10H3. The number of nitrogens with zero attached hydrogens (tertiary/aromatic N) is 1. The van der Waals surface area contributed by atoms with Gasteiger partial charge in [-0.2, -0.15) is 5.06 Å². The molecule has 0 bridgehead atoms. The first-order valence-electron chi connectivity index (χ1n) is 7.93. The van der Waals surface area contributed by atoms with Gasteiger partial charge in [-0.25, -0.2) is 0 Å². The summed E-state index contributed by atoms with van der Waals surface area (Å²) in [6.07, 6.45) is 2.36. The molecule has 0 N–H and O–H groups in total. The maximum Gasteiger partial charge on any atom is 0.105 e. The number of hydroxylamine groups is 2. The van der Waals surface area contributed by atoms with Crippen LogP contribution in [-0.4, -0.2) is 21.7 Å². The molecule has 1 saturated heterocycles. The summed E-state index contributed by atoms with van der Waals surface area (Å²) in [4.78, 5) is 6.56. The predicted molar refractivity (Wildman–Crippen MR) is 87.6 cm³/mol. The van der Waals surface area contributed by atoms with Crippen molar-refractivity contribution >= 4 is 0 Å². The van der Waals surface area contributed by atoms with Crippen LogP contribution < -0.4 is 0 Å². The molecule has 2 heteroatoms. The van der Waals surface area contributed by atoms with E-state index in [1.807, 2.05) is 0 Å². The molecule has 0 spiro atoms. The molecule has 0 aliphatic carbocycles. The zero-order chi connectivity index (χ0) is 15.9. The Morgan fingerprint density at radius 3 is 1.75 bits per heavy atom. The van der Waals surface area contributed by atoms with Gasteiger partial charge in [-0.3, -0.25) is 4.84 Å². The molecular formula is C18H35NO. The Balaban J connectivity index is 3.08. The largest absolute Gasteiger partial charge is 0.288 e. The lowest BCUT2D eigenvalue weighted by Gasteiger charge is -2.55. The molecule has 1 aliphatic heterocycles. The molecule has 1 fully saturated rings. The van der Waals surface area contributed by atoms with Crippen LogP contribution in [0.5, 0.6) is 0 Å². The molecule has 0 saturated carbocycles. The molecule has 118 valence electrons. The molecule has 0 aromatic carbocycles. The zero-order valence-electron chi connectivity index (χ0n) is 15.3. The molecule has 0 unspecified atom stereocenters. The Kier molecular flexibility index (Phi) is 4.83. The van der Waals surface area contributed by atoms with Gasteiger partial charge < -0.3 is 0 Å². The highest BCUT2D eigenvalue weighted by molar-refractivity contribution is 5.17. The van der Waals surface area contributed by atoms with Crippen LogP contribution in [0.4, 0.5) is 0 Å². The van der Waals surface area contributed by atoms with Gasteiger partial charge in [0.2, 0.25) is 0 Å². The minimum Gasteiger partial charge on any atom is -0.288 e. The van der Waals surface area contributed by atoms with Crippen molar-refractivity contribution in [3.8, 4) is 0 Å². The zero-order valence-corrected chi connectivity index (χ0v) is 15.3. The average molecular weight is 281 g/mol. The lowest BCUT2D eigenvalue weighted by atomic mass is 9.76. The highest BCUT2D eigenvalue weighted by Crippen LogP contribution is 2.43. The Bertz CT molecular complexity index is 368. The topological polar surface area (TPSA) is 12.5 Å². The molecule has 1 aliphatic rings. The van der Waals surface area contributed by atoms with E-state index in [0.717, 1.165) is 5.92 Å². The summed E-state index contributed by atoms with van der Waals surface area (Å²) in [5.41, 5.74) is 2.55. The van der Waals surface area contributed by atoms with Crippen LogP contribution in [0.2, 0.25) is 0 Å². The minimum atomic E-state index is -0.256. The van der Waals surface area contributed by atoms with Crippen LogP contribution in [0.15, 0.2) is 11.1 Å². The lowest BCUT2D eigenvalue weighted by molar-refractivity contribution is -0.325. The Labute approximate surface area is 126 Å². The van der Waals surface area contributed by atoms with E-state index in [1.165, 1.54) is 24.0 Å². The molecule has 1 rings (SSSR count). The van der Waals surface area contributed by atoms with E-state index in [1.54, 1.807) is 0 Å². The summed E-state index contributed by atoms with van der Waals surface area (Å²) < 4.78 is 0. The highest BCUT2D eigenvalue weighted by Gasteiger charge is 2.47. The van der Waals surface area contributed by atoms with Gasteiger partial charge in [0.05, 0.1) is 0 Å². The second-order valence-corrected chi connectivity index (χ2v) is 8.66. The first-order valence-corrected chi connectivity index (χ1v) is 7.93. The maximum atomic E-state index is 6.56. The molecule has 0 aromatic rings. The van der Waals surface area contributed by atoms with E-state index in [9.17, 15) is 0 Å². The second kappa shape index (κ2) is 5.46. The highest BCUT2D eigenvalue weighted by atomic mass is 16.7. The molecule has 2 nitrogen and oxygen atoms in total. The van der Waals surface area contributed by atoms with Crippen LogP contribution >= 0.6 is 0 Å². The van der Waals surface area contributed by atoms with Gasteiger partial charge in [-0.1, -0.05) is 12.5 Å². The maximum absolute atomic E-state index is 6.56.